The molecular weight excluding hydrogens is 328 g/mol. The second-order valence-electron chi connectivity index (χ2n) is 5.60. The zero-order valence-corrected chi connectivity index (χ0v) is 13.5. The maximum atomic E-state index is 11.4. The largest absolute Gasteiger partial charge is 0.370 e. The number of nitro benzene ring substituents is 1. The zero-order chi connectivity index (χ0) is 18.6. The van der Waals surface area contributed by atoms with Crippen molar-refractivity contribution in [1.82, 2.24) is 0 Å². The van der Waals surface area contributed by atoms with Crippen molar-refractivity contribution in [2.24, 2.45) is 38.8 Å². The molecule has 1 aliphatic heterocycles. The van der Waals surface area contributed by atoms with E-state index < -0.39 is 4.92 Å². The van der Waals surface area contributed by atoms with E-state index in [1.54, 1.807) is 12.1 Å². The fraction of sp³-hybridized carbons (Fsp3) is 0.357. The van der Waals surface area contributed by atoms with Gasteiger partial charge in [0.1, 0.15) is 5.69 Å². The van der Waals surface area contributed by atoms with Crippen molar-refractivity contribution in [3.8, 4) is 0 Å². The minimum absolute atomic E-state index is 0.115. The van der Waals surface area contributed by atoms with Crippen LogP contribution in [0.25, 0.3) is 0 Å². The zero-order valence-electron chi connectivity index (χ0n) is 13.5. The molecule has 1 aliphatic rings. The van der Waals surface area contributed by atoms with Crippen molar-refractivity contribution in [3.63, 3.8) is 0 Å². The lowest BCUT2D eigenvalue weighted by molar-refractivity contribution is -0.384. The van der Waals surface area contributed by atoms with Crippen LogP contribution in [0, 0.1) is 16.0 Å². The lowest BCUT2D eigenvalue weighted by Crippen LogP contribution is -2.38. The van der Waals surface area contributed by atoms with Crippen molar-refractivity contribution >= 4 is 34.9 Å². The lowest BCUT2D eigenvalue weighted by Gasteiger charge is -2.31. The molecule has 1 aromatic carbocycles. The fourth-order valence-corrected chi connectivity index (χ4v) is 2.69. The van der Waals surface area contributed by atoms with Gasteiger partial charge >= 0.3 is 0 Å². The van der Waals surface area contributed by atoms with Crippen LogP contribution in [0.5, 0.6) is 0 Å². The molecule has 0 saturated carbocycles. The smallest absolute Gasteiger partial charge is 0.294 e. The Bertz CT molecular complexity index is 734. The summed E-state index contributed by atoms with van der Waals surface area (Å²) in [5, 5.41) is 11.4. The summed E-state index contributed by atoms with van der Waals surface area (Å²) in [5.41, 5.74) is 21.8. The van der Waals surface area contributed by atoms with Crippen LogP contribution in [-0.2, 0) is 4.79 Å². The average Bonchev–Trinajstić information content (AvgIpc) is 2.54. The number of anilines is 1. The third kappa shape index (κ3) is 4.56. The summed E-state index contributed by atoms with van der Waals surface area (Å²) in [7, 11) is 0. The molecule has 0 unspecified atom stereocenters. The van der Waals surface area contributed by atoms with E-state index in [1.807, 2.05) is 4.90 Å². The van der Waals surface area contributed by atoms with Gasteiger partial charge in [-0.25, -0.2) is 4.99 Å². The number of nitrogens with zero attached hydrogens (tertiary/aromatic N) is 4. The van der Waals surface area contributed by atoms with E-state index in [2.05, 4.69) is 9.98 Å². The predicted octanol–water partition coefficient (Wildman–Crippen LogP) is -0.484. The monoisotopic (exact) mass is 348 g/mol. The number of nitro groups is 1. The van der Waals surface area contributed by atoms with E-state index in [0.29, 0.717) is 31.6 Å². The van der Waals surface area contributed by atoms with Crippen LogP contribution < -0.4 is 27.8 Å². The summed E-state index contributed by atoms with van der Waals surface area (Å²) >= 11 is 0. The standard InChI is InChI=1S/C14H20N8O3/c15-12(23)8-3-5-21(6-4-8)10-2-1-9(7-11(10)22(24)25)19-14(18)20-13(16)17/h1-2,7-8H,3-6H2,(H2,15,23)(H6,16,17,18,19,20). The van der Waals surface area contributed by atoms with Gasteiger partial charge in [0.05, 0.1) is 10.6 Å². The van der Waals surface area contributed by atoms with Gasteiger partial charge in [-0.3, -0.25) is 14.9 Å². The highest BCUT2D eigenvalue weighted by molar-refractivity contribution is 5.93. The van der Waals surface area contributed by atoms with Gasteiger partial charge in [-0.1, -0.05) is 0 Å². The number of amides is 1. The summed E-state index contributed by atoms with van der Waals surface area (Å²) in [4.78, 5) is 31.5. The molecule has 2 rings (SSSR count). The number of rotatable bonds is 4. The van der Waals surface area contributed by atoms with Gasteiger partial charge in [0.25, 0.3) is 5.69 Å². The maximum Gasteiger partial charge on any atom is 0.294 e. The van der Waals surface area contributed by atoms with Crippen LogP contribution in [0.1, 0.15) is 12.8 Å². The SMILES string of the molecule is NC(=O)C1CCN(c2ccc(N=C(N)N=C(N)N)cc2[N+](=O)[O-])CC1. The predicted molar refractivity (Wildman–Crippen MR) is 94.3 cm³/mol. The van der Waals surface area contributed by atoms with E-state index in [-0.39, 0.29) is 35.1 Å². The molecule has 8 N–H and O–H groups in total. The van der Waals surface area contributed by atoms with Gasteiger partial charge in [-0.05, 0) is 25.0 Å². The highest BCUT2D eigenvalue weighted by Gasteiger charge is 2.27. The van der Waals surface area contributed by atoms with E-state index in [9.17, 15) is 14.9 Å². The number of carbonyl (C=O) groups excluding carboxylic acids is 1. The van der Waals surface area contributed by atoms with Crippen molar-refractivity contribution in [2.45, 2.75) is 12.8 Å². The molecule has 0 aromatic heterocycles. The Morgan fingerprint density at radius 2 is 1.84 bits per heavy atom. The first-order chi connectivity index (χ1) is 11.8. The Morgan fingerprint density at radius 3 is 2.36 bits per heavy atom. The Balaban J connectivity index is 2.27. The summed E-state index contributed by atoms with van der Waals surface area (Å²) in [6.45, 7) is 1.01. The van der Waals surface area contributed by atoms with E-state index in [0.717, 1.165) is 0 Å². The summed E-state index contributed by atoms with van der Waals surface area (Å²) in [6, 6.07) is 4.46. The molecule has 1 saturated heterocycles. The van der Waals surface area contributed by atoms with Crippen LogP contribution >= 0.6 is 0 Å². The number of hydrogen-bond donors (Lipinski definition) is 4. The van der Waals surface area contributed by atoms with E-state index in [4.69, 9.17) is 22.9 Å². The summed E-state index contributed by atoms with van der Waals surface area (Å²) in [6.07, 6.45) is 1.12. The van der Waals surface area contributed by atoms with Crippen LogP contribution in [0.2, 0.25) is 0 Å². The van der Waals surface area contributed by atoms with Crippen molar-refractivity contribution in [3.05, 3.63) is 28.3 Å². The van der Waals surface area contributed by atoms with E-state index >= 15 is 0 Å². The second kappa shape index (κ2) is 7.47. The first kappa shape index (κ1) is 18.0. The highest BCUT2D eigenvalue weighted by Crippen LogP contribution is 2.34. The number of hydrogen-bond acceptors (Lipinski definition) is 5. The minimum Gasteiger partial charge on any atom is -0.370 e. The molecule has 11 nitrogen and oxygen atoms in total. The molecule has 0 aliphatic carbocycles. The molecule has 25 heavy (non-hydrogen) atoms. The quantitative estimate of drug-likeness (QED) is 0.244. The van der Waals surface area contributed by atoms with Crippen molar-refractivity contribution in [2.75, 3.05) is 18.0 Å². The van der Waals surface area contributed by atoms with Gasteiger partial charge in [-0.15, -0.1) is 0 Å². The van der Waals surface area contributed by atoms with Gasteiger partial charge in [0.15, 0.2) is 5.96 Å². The van der Waals surface area contributed by atoms with Crippen LogP contribution in [0.3, 0.4) is 0 Å². The van der Waals surface area contributed by atoms with Crippen molar-refractivity contribution < 1.29 is 9.72 Å². The van der Waals surface area contributed by atoms with Gasteiger partial charge in [0, 0.05) is 25.1 Å². The normalized spacial score (nSPS) is 15.7. The topological polar surface area (TPSA) is 192 Å². The average molecular weight is 348 g/mol. The molecule has 1 fully saturated rings. The Hall–Kier alpha value is -3.37. The molecule has 1 amide bonds. The van der Waals surface area contributed by atoms with Crippen LogP contribution in [-0.4, -0.2) is 35.8 Å². The van der Waals surface area contributed by atoms with E-state index in [1.165, 1.54) is 6.07 Å². The lowest BCUT2D eigenvalue weighted by atomic mass is 9.96. The number of benzene rings is 1. The maximum absolute atomic E-state index is 11.4. The third-order valence-corrected chi connectivity index (χ3v) is 3.88. The molecule has 11 heteroatoms. The molecular formula is C14H20N8O3. The Kier molecular flexibility index (Phi) is 5.37. The second-order valence-corrected chi connectivity index (χ2v) is 5.60. The van der Waals surface area contributed by atoms with Gasteiger partial charge in [0.2, 0.25) is 11.9 Å². The molecule has 1 aromatic rings. The van der Waals surface area contributed by atoms with Crippen LogP contribution in [0.15, 0.2) is 28.2 Å². The number of piperidine rings is 1. The van der Waals surface area contributed by atoms with Gasteiger partial charge < -0.3 is 27.8 Å². The molecule has 0 atom stereocenters. The molecule has 0 bridgehead atoms. The number of primary amides is 1. The number of guanidine groups is 2. The van der Waals surface area contributed by atoms with Crippen molar-refractivity contribution in [1.29, 1.82) is 0 Å². The third-order valence-electron chi connectivity index (χ3n) is 3.88. The number of nitrogens with two attached hydrogens (primary N) is 4. The van der Waals surface area contributed by atoms with Gasteiger partial charge in [-0.2, -0.15) is 4.99 Å². The van der Waals surface area contributed by atoms with Crippen LogP contribution in [0.4, 0.5) is 17.1 Å². The molecule has 1 heterocycles. The number of aliphatic imine (C=N–C) groups is 2. The molecule has 0 radical (unpaired) electrons. The summed E-state index contributed by atoms with van der Waals surface area (Å²) in [5.74, 6) is -0.999. The summed E-state index contributed by atoms with van der Waals surface area (Å²) < 4.78 is 0. The molecule has 0 spiro atoms. The minimum atomic E-state index is -0.495. The fourth-order valence-electron chi connectivity index (χ4n) is 2.69. The molecule has 134 valence electrons. The number of carbonyl (C=O) groups is 1. The first-order valence-electron chi connectivity index (χ1n) is 7.54. The Labute approximate surface area is 143 Å². The first-order valence-corrected chi connectivity index (χ1v) is 7.54. The Morgan fingerprint density at radius 1 is 1.20 bits per heavy atom. The highest BCUT2D eigenvalue weighted by atomic mass is 16.6.